The van der Waals surface area contributed by atoms with Gasteiger partial charge in [-0.15, -0.1) is 0 Å². The van der Waals surface area contributed by atoms with E-state index in [2.05, 4.69) is 51.7 Å². The lowest BCUT2D eigenvalue weighted by molar-refractivity contribution is 0.194. The first-order valence-corrected chi connectivity index (χ1v) is 7.27. The van der Waals surface area contributed by atoms with E-state index >= 15 is 0 Å². The molecular formula is C16H21N5. The predicted molar refractivity (Wildman–Crippen MR) is 83.2 cm³/mol. The molecule has 1 aliphatic rings. The Morgan fingerprint density at radius 2 is 2.05 bits per heavy atom. The molecule has 0 N–H and O–H groups in total. The molecule has 5 heteroatoms. The average molecular weight is 283 g/mol. The smallest absolute Gasteiger partial charge is 0.134 e. The van der Waals surface area contributed by atoms with Crippen molar-refractivity contribution in [3.63, 3.8) is 0 Å². The topological polar surface area (TPSA) is 45.2 Å². The fraction of sp³-hybridized carbons (Fsp3) is 0.438. The van der Waals surface area contributed by atoms with Gasteiger partial charge in [-0.3, -0.25) is 9.88 Å². The van der Waals surface area contributed by atoms with E-state index in [0.29, 0.717) is 6.04 Å². The molecule has 1 aliphatic heterocycles. The molecule has 0 atom stereocenters. The minimum atomic E-state index is 0.556. The van der Waals surface area contributed by atoms with Gasteiger partial charge in [0.1, 0.15) is 12.1 Å². The van der Waals surface area contributed by atoms with Crippen LogP contribution in [0.4, 0.5) is 5.82 Å². The highest BCUT2D eigenvalue weighted by Crippen LogP contribution is 2.24. The molecule has 0 amide bonds. The van der Waals surface area contributed by atoms with Crippen molar-refractivity contribution in [1.29, 1.82) is 0 Å². The molecule has 0 radical (unpaired) electrons. The zero-order valence-corrected chi connectivity index (χ0v) is 12.8. The number of likely N-dealkylation sites (N-methyl/N-ethyl adjacent to an activating group) is 1. The monoisotopic (exact) mass is 283 g/mol. The van der Waals surface area contributed by atoms with Crippen LogP contribution in [-0.4, -0.2) is 46.0 Å². The third-order valence-corrected chi connectivity index (χ3v) is 4.17. The van der Waals surface area contributed by atoms with Crippen LogP contribution < -0.4 is 4.90 Å². The van der Waals surface area contributed by atoms with Crippen molar-refractivity contribution in [1.82, 2.24) is 19.9 Å². The molecule has 1 saturated heterocycles. The fourth-order valence-corrected chi connectivity index (χ4v) is 2.68. The summed E-state index contributed by atoms with van der Waals surface area (Å²) in [6.45, 7) is 7.10. The highest BCUT2D eigenvalue weighted by Gasteiger charge is 2.31. The summed E-state index contributed by atoms with van der Waals surface area (Å²) < 4.78 is 0. The highest BCUT2D eigenvalue weighted by molar-refractivity contribution is 5.47. The molecular weight excluding hydrogens is 262 g/mol. The average Bonchev–Trinajstić information content (AvgIpc) is 2.42. The Morgan fingerprint density at radius 1 is 1.24 bits per heavy atom. The Hall–Kier alpha value is -2.01. The van der Waals surface area contributed by atoms with Crippen molar-refractivity contribution in [2.24, 2.45) is 0 Å². The maximum Gasteiger partial charge on any atom is 0.134 e. The third kappa shape index (κ3) is 2.88. The van der Waals surface area contributed by atoms with E-state index in [9.17, 15) is 0 Å². The fourth-order valence-electron chi connectivity index (χ4n) is 2.68. The summed E-state index contributed by atoms with van der Waals surface area (Å²) in [6.07, 6.45) is 5.36. The van der Waals surface area contributed by atoms with Gasteiger partial charge in [0, 0.05) is 43.6 Å². The Kier molecular flexibility index (Phi) is 3.84. The zero-order chi connectivity index (χ0) is 14.8. The predicted octanol–water partition coefficient (Wildman–Crippen LogP) is 1.81. The minimum absolute atomic E-state index is 0.556. The highest BCUT2D eigenvalue weighted by atomic mass is 15.3. The number of hydrogen-bond donors (Lipinski definition) is 0. The molecule has 0 saturated carbocycles. The second-order valence-corrected chi connectivity index (χ2v) is 5.77. The van der Waals surface area contributed by atoms with Crippen LogP contribution in [0, 0.1) is 13.8 Å². The third-order valence-electron chi connectivity index (χ3n) is 4.17. The SMILES string of the molecule is Cc1cccnc1CN(C)C1CN(c2ncncc2C)C1. The number of aryl methyl sites for hydroxylation is 2. The molecule has 21 heavy (non-hydrogen) atoms. The number of nitrogens with zero attached hydrogens (tertiary/aromatic N) is 5. The number of pyridine rings is 1. The minimum Gasteiger partial charge on any atom is -0.353 e. The van der Waals surface area contributed by atoms with Crippen LogP contribution in [0.1, 0.15) is 16.8 Å². The van der Waals surface area contributed by atoms with E-state index in [-0.39, 0.29) is 0 Å². The molecule has 5 nitrogen and oxygen atoms in total. The van der Waals surface area contributed by atoms with E-state index in [0.717, 1.165) is 36.7 Å². The van der Waals surface area contributed by atoms with Crippen molar-refractivity contribution in [2.75, 3.05) is 25.0 Å². The molecule has 0 spiro atoms. The van der Waals surface area contributed by atoms with Gasteiger partial charge in [0.2, 0.25) is 0 Å². The Labute approximate surface area is 125 Å². The quantitative estimate of drug-likeness (QED) is 0.856. The van der Waals surface area contributed by atoms with Crippen molar-refractivity contribution >= 4 is 5.82 Å². The molecule has 1 fully saturated rings. The van der Waals surface area contributed by atoms with Crippen LogP contribution in [-0.2, 0) is 6.54 Å². The summed E-state index contributed by atoms with van der Waals surface area (Å²) in [4.78, 5) is 17.6. The van der Waals surface area contributed by atoms with Gasteiger partial charge >= 0.3 is 0 Å². The molecule has 3 rings (SSSR count). The van der Waals surface area contributed by atoms with Gasteiger partial charge in [0.15, 0.2) is 0 Å². The summed E-state index contributed by atoms with van der Waals surface area (Å²) in [7, 11) is 2.17. The number of aromatic nitrogens is 3. The van der Waals surface area contributed by atoms with Gasteiger partial charge in [-0.1, -0.05) is 6.07 Å². The van der Waals surface area contributed by atoms with Gasteiger partial charge in [-0.25, -0.2) is 9.97 Å². The maximum absolute atomic E-state index is 4.47. The van der Waals surface area contributed by atoms with Crippen LogP contribution in [0.25, 0.3) is 0 Å². The van der Waals surface area contributed by atoms with E-state index in [1.807, 2.05) is 18.5 Å². The summed E-state index contributed by atoms with van der Waals surface area (Å²) >= 11 is 0. The van der Waals surface area contributed by atoms with Crippen LogP contribution in [0.15, 0.2) is 30.9 Å². The normalized spacial score (nSPS) is 15.3. The van der Waals surface area contributed by atoms with E-state index in [1.54, 1.807) is 6.33 Å². The van der Waals surface area contributed by atoms with Crippen LogP contribution in [0.5, 0.6) is 0 Å². The second-order valence-electron chi connectivity index (χ2n) is 5.77. The molecule has 110 valence electrons. The molecule has 0 aliphatic carbocycles. The Morgan fingerprint density at radius 3 is 2.76 bits per heavy atom. The number of rotatable bonds is 4. The van der Waals surface area contributed by atoms with Crippen molar-refractivity contribution in [3.8, 4) is 0 Å². The van der Waals surface area contributed by atoms with Gasteiger partial charge in [-0.2, -0.15) is 0 Å². The Bertz CT molecular complexity index is 622. The summed E-state index contributed by atoms with van der Waals surface area (Å²) in [5.74, 6) is 1.06. The van der Waals surface area contributed by atoms with Crippen LogP contribution >= 0.6 is 0 Å². The van der Waals surface area contributed by atoms with Crippen molar-refractivity contribution in [2.45, 2.75) is 26.4 Å². The second kappa shape index (κ2) is 5.77. The molecule has 0 bridgehead atoms. The molecule has 0 unspecified atom stereocenters. The largest absolute Gasteiger partial charge is 0.353 e. The lowest BCUT2D eigenvalue weighted by Crippen LogP contribution is -2.58. The lowest BCUT2D eigenvalue weighted by Gasteiger charge is -2.45. The van der Waals surface area contributed by atoms with Crippen LogP contribution in [0.2, 0.25) is 0 Å². The van der Waals surface area contributed by atoms with E-state index in [4.69, 9.17) is 0 Å². The maximum atomic E-state index is 4.47. The first-order valence-electron chi connectivity index (χ1n) is 7.27. The Balaban J connectivity index is 1.59. The van der Waals surface area contributed by atoms with Crippen molar-refractivity contribution in [3.05, 3.63) is 47.7 Å². The van der Waals surface area contributed by atoms with Gasteiger partial charge in [-0.05, 0) is 32.5 Å². The summed E-state index contributed by atoms with van der Waals surface area (Å²) in [6, 6.07) is 4.66. The van der Waals surface area contributed by atoms with E-state index < -0.39 is 0 Å². The van der Waals surface area contributed by atoms with Gasteiger partial charge in [0.25, 0.3) is 0 Å². The molecule has 2 aromatic heterocycles. The first-order chi connectivity index (χ1) is 10.1. The van der Waals surface area contributed by atoms with E-state index in [1.165, 1.54) is 5.56 Å². The molecule has 0 aromatic carbocycles. The number of hydrogen-bond acceptors (Lipinski definition) is 5. The van der Waals surface area contributed by atoms with Crippen LogP contribution in [0.3, 0.4) is 0 Å². The summed E-state index contributed by atoms with van der Waals surface area (Å²) in [5.41, 5.74) is 3.56. The lowest BCUT2D eigenvalue weighted by atomic mass is 10.1. The van der Waals surface area contributed by atoms with Crippen molar-refractivity contribution < 1.29 is 0 Å². The first kappa shape index (κ1) is 13.9. The summed E-state index contributed by atoms with van der Waals surface area (Å²) in [5, 5.41) is 0. The molecule has 2 aromatic rings. The van der Waals surface area contributed by atoms with Gasteiger partial charge in [0.05, 0.1) is 5.69 Å². The standard InChI is InChI=1S/C16H21N5/c1-12-5-4-6-18-15(12)10-20(3)14-8-21(9-14)16-13(2)7-17-11-19-16/h4-7,11,14H,8-10H2,1-3H3. The molecule has 3 heterocycles. The number of anilines is 1. The zero-order valence-electron chi connectivity index (χ0n) is 12.8. The van der Waals surface area contributed by atoms with Gasteiger partial charge < -0.3 is 4.90 Å².